The quantitative estimate of drug-likeness (QED) is 0.110. The number of nitro groups is 2. The average molecular weight is 588 g/mol. The van der Waals surface area contributed by atoms with Crippen LogP contribution in [-0.2, 0) is 10.9 Å². The number of alkyl halides is 3. The summed E-state index contributed by atoms with van der Waals surface area (Å²) >= 11 is 0.737. The molecule has 3 aromatic carbocycles. The van der Waals surface area contributed by atoms with Crippen molar-refractivity contribution in [2.24, 2.45) is 0 Å². The van der Waals surface area contributed by atoms with Crippen molar-refractivity contribution in [2.75, 3.05) is 12.0 Å². The van der Waals surface area contributed by atoms with Crippen LogP contribution in [0.2, 0.25) is 0 Å². The molecule has 4 aromatic rings. The van der Waals surface area contributed by atoms with Gasteiger partial charge >= 0.3 is 12.1 Å². The second-order valence-corrected chi connectivity index (χ2v) is 9.47. The summed E-state index contributed by atoms with van der Waals surface area (Å²) in [5, 5.41) is 23.9. The van der Waals surface area contributed by atoms with E-state index in [0.717, 1.165) is 24.5 Å². The molecular formula is C27H20F3N3O7S. The molecule has 0 aliphatic carbocycles. The molecule has 1 heterocycles. The van der Waals surface area contributed by atoms with Gasteiger partial charge in [-0.1, -0.05) is 42.5 Å². The summed E-state index contributed by atoms with van der Waals surface area (Å²) in [4.78, 5) is 36.3. The zero-order valence-corrected chi connectivity index (χ0v) is 22.1. The Morgan fingerprint density at radius 3 is 1.93 bits per heavy atom. The molecule has 0 radical (unpaired) electrons. The Morgan fingerprint density at radius 1 is 0.902 bits per heavy atom. The summed E-state index contributed by atoms with van der Waals surface area (Å²) in [6, 6.07) is 17.0. The number of methoxy groups -OCH3 is 1. The van der Waals surface area contributed by atoms with Crippen LogP contribution in [0.5, 0.6) is 5.75 Å². The third-order valence-corrected chi connectivity index (χ3v) is 7.00. The van der Waals surface area contributed by atoms with Gasteiger partial charge in [0, 0.05) is 23.8 Å². The zero-order chi connectivity index (χ0) is 29.9. The topological polar surface area (TPSA) is 125 Å². The summed E-state index contributed by atoms with van der Waals surface area (Å²) in [5.74, 6) is -1.07. The van der Waals surface area contributed by atoms with E-state index >= 15 is 0 Å². The maximum atomic E-state index is 13.7. The van der Waals surface area contributed by atoms with Gasteiger partial charge in [0.2, 0.25) is 0 Å². The number of benzene rings is 3. The predicted octanol–water partition coefficient (Wildman–Crippen LogP) is 7.98. The van der Waals surface area contributed by atoms with Gasteiger partial charge in [0.1, 0.15) is 28.2 Å². The van der Waals surface area contributed by atoms with Gasteiger partial charge in [0.05, 0.1) is 22.5 Å². The minimum atomic E-state index is -4.67. The summed E-state index contributed by atoms with van der Waals surface area (Å²) in [6.45, 7) is 1.37. The number of halogens is 3. The first-order chi connectivity index (χ1) is 19.4. The molecule has 0 bridgehead atoms. The van der Waals surface area contributed by atoms with Gasteiger partial charge < -0.3 is 9.47 Å². The molecule has 212 valence electrons. The SMILES string of the molecule is COC(=O)c1sc(N(c2ccccc2[N+](=O)[O-])c2ccccc2[N+](=O)[O-])cc1O[C@H](C)c1ccccc1C(F)(F)F. The van der Waals surface area contributed by atoms with E-state index in [-0.39, 0.29) is 32.6 Å². The average Bonchev–Trinajstić information content (AvgIpc) is 3.35. The van der Waals surface area contributed by atoms with E-state index < -0.39 is 45.0 Å². The second-order valence-electron chi connectivity index (χ2n) is 8.44. The van der Waals surface area contributed by atoms with Crippen molar-refractivity contribution in [2.45, 2.75) is 19.2 Å². The van der Waals surface area contributed by atoms with Gasteiger partial charge in [0.15, 0.2) is 4.88 Å². The molecule has 10 nitrogen and oxygen atoms in total. The van der Waals surface area contributed by atoms with Gasteiger partial charge in [0.25, 0.3) is 11.4 Å². The highest BCUT2D eigenvalue weighted by Crippen LogP contribution is 2.49. The van der Waals surface area contributed by atoms with Crippen LogP contribution in [0, 0.1) is 20.2 Å². The lowest BCUT2D eigenvalue weighted by atomic mass is 10.0. The van der Waals surface area contributed by atoms with Crippen molar-refractivity contribution in [3.8, 4) is 5.75 Å². The van der Waals surface area contributed by atoms with E-state index in [0.29, 0.717) is 0 Å². The Bertz CT molecular complexity index is 1570. The molecular weight excluding hydrogens is 567 g/mol. The van der Waals surface area contributed by atoms with Gasteiger partial charge in [-0.2, -0.15) is 13.2 Å². The maximum Gasteiger partial charge on any atom is 0.416 e. The summed E-state index contributed by atoms with van der Waals surface area (Å²) in [5.41, 5.74) is -2.04. The highest BCUT2D eigenvalue weighted by molar-refractivity contribution is 7.18. The first-order valence-electron chi connectivity index (χ1n) is 11.8. The van der Waals surface area contributed by atoms with Crippen molar-refractivity contribution in [1.29, 1.82) is 0 Å². The molecule has 14 heteroatoms. The molecule has 0 amide bonds. The first kappa shape index (κ1) is 29.0. The third-order valence-electron chi connectivity index (χ3n) is 5.92. The molecule has 0 spiro atoms. The Kier molecular flexibility index (Phi) is 8.23. The van der Waals surface area contributed by atoms with Crippen LogP contribution in [-0.4, -0.2) is 22.9 Å². The number of hydrogen-bond acceptors (Lipinski definition) is 9. The van der Waals surface area contributed by atoms with Crippen LogP contribution in [0.15, 0.2) is 78.9 Å². The molecule has 0 fully saturated rings. The predicted molar refractivity (Wildman–Crippen MR) is 144 cm³/mol. The molecule has 4 rings (SSSR count). The molecule has 0 aliphatic rings. The number of nitrogens with zero attached hydrogens (tertiary/aromatic N) is 3. The van der Waals surface area contributed by atoms with Crippen LogP contribution >= 0.6 is 11.3 Å². The number of carbonyl (C=O) groups excluding carboxylic acids is 1. The number of para-hydroxylation sites is 4. The molecule has 0 unspecified atom stereocenters. The lowest BCUT2D eigenvalue weighted by Gasteiger charge is -2.23. The van der Waals surface area contributed by atoms with Crippen molar-refractivity contribution >= 4 is 45.1 Å². The minimum absolute atomic E-state index is 0.0634. The number of rotatable bonds is 9. The fourth-order valence-electron chi connectivity index (χ4n) is 4.14. The number of esters is 1. The van der Waals surface area contributed by atoms with Crippen molar-refractivity contribution in [1.82, 2.24) is 0 Å². The zero-order valence-electron chi connectivity index (χ0n) is 21.3. The molecule has 1 aromatic heterocycles. The highest BCUT2D eigenvalue weighted by Gasteiger charge is 2.36. The summed E-state index contributed by atoms with van der Waals surface area (Å²) < 4.78 is 51.7. The number of thiophene rings is 1. The van der Waals surface area contributed by atoms with Crippen LogP contribution in [0.25, 0.3) is 0 Å². The van der Waals surface area contributed by atoms with E-state index in [1.165, 1.54) is 84.6 Å². The highest BCUT2D eigenvalue weighted by atomic mass is 32.1. The van der Waals surface area contributed by atoms with E-state index in [1.807, 2.05) is 0 Å². The Hall–Kier alpha value is -4.98. The molecule has 41 heavy (non-hydrogen) atoms. The van der Waals surface area contributed by atoms with Gasteiger partial charge in [-0.05, 0) is 25.1 Å². The van der Waals surface area contributed by atoms with Crippen LogP contribution < -0.4 is 9.64 Å². The van der Waals surface area contributed by atoms with Crippen LogP contribution in [0.4, 0.5) is 40.9 Å². The van der Waals surface area contributed by atoms with E-state index in [9.17, 15) is 38.2 Å². The van der Waals surface area contributed by atoms with E-state index in [4.69, 9.17) is 9.47 Å². The molecule has 0 saturated heterocycles. The third kappa shape index (κ3) is 5.96. The largest absolute Gasteiger partial charge is 0.484 e. The van der Waals surface area contributed by atoms with E-state index in [2.05, 4.69) is 0 Å². The van der Waals surface area contributed by atoms with Crippen molar-refractivity contribution in [3.05, 3.63) is 115 Å². The lowest BCUT2D eigenvalue weighted by Crippen LogP contribution is -2.14. The molecule has 0 N–H and O–H groups in total. The standard InChI is InChI=1S/C27H20F3N3O7S/c1-16(17-9-3-4-10-18(17)27(28,29)30)40-23-15-24(41-25(23)26(34)39-2)31(19-11-5-7-13-21(19)32(35)36)20-12-6-8-14-22(20)33(37)38/h3-16H,1-2H3/t16-/m1/s1. The fourth-order valence-corrected chi connectivity index (χ4v) is 5.18. The first-order valence-corrected chi connectivity index (χ1v) is 12.6. The lowest BCUT2D eigenvalue weighted by molar-refractivity contribution is -0.384. The van der Waals surface area contributed by atoms with Crippen molar-refractivity contribution < 1.29 is 37.3 Å². The molecule has 0 aliphatic heterocycles. The number of carbonyl (C=O) groups is 1. The van der Waals surface area contributed by atoms with Gasteiger partial charge in [-0.15, -0.1) is 11.3 Å². The number of anilines is 3. The van der Waals surface area contributed by atoms with Crippen LogP contribution in [0.3, 0.4) is 0 Å². The normalized spacial score (nSPS) is 11.9. The minimum Gasteiger partial charge on any atom is -0.484 e. The Balaban J connectivity index is 1.92. The summed E-state index contributed by atoms with van der Waals surface area (Å²) in [7, 11) is 1.09. The Morgan fingerprint density at radius 2 is 1.41 bits per heavy atom. The Labute approximate surface area is 234 Å². The summed E-state index contributed by atoms with van der Waals surface area (Å²) in [6.07, 6.45) is -5.88. The number of hydrogen-bond donors (Lipinski definition) is 0. The van der Waals surface area contributed by atoms with Crippen molar-refractivity contribution in [3.63, 3.8) is 0 Å². The smallest absolute Gasteiger partial charge is 0.416 e. The fraction of sp³-hybridized carbons (Fsp3) is 0.148. The number of ether oxygens (including phenoxy) is 2. The molecule has 0 saturated carbocycles. The van der Waals surface area contributed by atoms with Crippen LogP contribution in [0.1, 0.15) is 33.8 Å². The van der Waals surface area contributed by atoms with E-state index in [1.54, 1.807) is 0 Å². The second kappa shape index (κ2) is 11.6. The number of nitro benzene ring substituents is 2. The maximum absolute atomic E-state index is 13.7. The van der Waals surface area contributed by atoms with Gasteiger partial charge in [-0.25, -0.2) is 4.79 Å². The van der Waals surface area contributed by atoms with Gasteiger partial charge in [-0.3, -0.25) is 25.1 Å². The molecule has 1 atom stereocenters. The monoisotopic (exact) mass is 587 g/mol.